The number of anilines is 1. The van der Waals surface area contributed by atoms with Crippen LogP contribution in [0.1, 0.15) is 16.7 Å². The number of hydrogen-bond acceptors (Lipinski definition) is 2. The highest BCUT2D eigenvalue weighted by Crippen LogP contribution is 2.24. The van der Waals surface area contributed by atoms with E-state index in [1.807, 2.05) is 49.4 Å². The van der Waals surface area contributed by atoms with Gasteiger partial charge in [0.05, 0.1) is 0 Å². The fourth-order valence-electron chi connectivity index (χ4n) is 2.49. The summed E-state index contributed by atoms with van der Waals surface area (Å²) in [7, 11) is 0. The average molecular weight is 417 g/mol. The summed E-state index contributed by atoms with van der Waals surface area (Å²) in [6.07, 6.45) is 0. The van der Waals surface area contributed by atoms with Crippen LogP contribution in [0.15, 0.2) is 71.2 Å². The van der Waals surface area contributed by atoms with Gasteiger partial charge in [0.2, 0.25) is 0 Å². The van der Waals surface area contributed by atoms with Gasteiger partial charge in [-0.25, -0.2) is 0 Å². The van der Waals surface area contributed by atoms with Crippen molar-refractivity contribution in [1.82, 2.24) is 0 Å². The molecule has 128 valence electrons. The van der Waals surface area contributed by atoms with Crippen LogP contribution < -0.4 is 10.1 Å². The summed E-state index contributed by atoms with van der Waals surface area (Å²) in [5.74, 6) is 0.866. The van der Waals surface area contributed by atoms with E-state index in [9.17, 15) is 0 Å². The minimum Gasteiger partial charge on any atom is -0.489 e. The summed E-state index contributed by atoms with van der Waals surface area (Å²) in [6.45, 7) is 3.29. The Kier molecular flexibility index (Phi) is 6.00. The molecule has 25 heavy (non-hydrogen) atoms. The molecule has 0 heterocycles. The van der Waals surface area contributed by atoms with Crippen LogP contribution in [0, 0.1) is 6.92 Å². The SMILES string of the molecule is Cc1c(Cl)cccc1NCc1cccc(OCc2ccc(Br)cc2)c1. The van der Waals surface area contributed by atoms with E-state index in [1.54, 1.807) is 0 Å². The fourth-order valence-corrected chi connectivity index (χ4v) is 2.93. The Morgan fingerprint density at radius 3 is 2.52 bits per heavy atom. The molecule has 0 amide bonds. The third kappa shape index (κ3) is 5.00. The molecule has 0 spiro atoms. The van der Waals surface area contributed by atoms with Crippen molar-refractivity contribution in [3.05, 3.63) is 92.9 Å². The second-order valence-corrected chi connectivity index (χ2v) is 7.15. The summed E-state index contributed by atoms with van der Waals surface area (Å²) < 4.78 is 6.97. The van der Waals surface area contributed by atoms with Crippen LogP contribution in [0.5, 0.6) is 5.75 Å². The highest BCUT2D eigenvalue weighted by Gasteiger charge is 2.03. The maximum absolute atomic E-state index is 6.17. The Balaban J connectivity index is 1.61. The molecule has 2 nitrogen and oxygen atoms in total. The van der Waals surface area contributed by atoms with Crippen LogP contribution in [0.25, 0.3) is 0 Å². The highest BCUT2D eigenvalue weighted by molar-refractivity contribution is 9.10. The lowest BCUT2D eigenvalue weighted by atomic mass is 10.1. The molecule has 1 N–H and O–H groups in total. The molecule has 4 heteroatoms. The van der Waals surface area contributed by atoms with Crippen molar-refractivity contribution in [1.29, 1.82) is 0 Å². The Morgan fingerprint density at radius 1 is 0.960 bits per heavy atom. The molecule has 0 aromatic heterocycles. The van der Waals surface area contributed by atoms with E-state index in [1.165, 1.54) is 0 Å². The lowest BCUT2D eigenvalue weighted by molar-refractivity contribution is 0.306. The van der Waals surface area contributed by atoms with Crippen LogP contribution in [-0.4, -0.2) is 0 Å². The van der Waals surface area contributed by atoms with Crippen LogP contribution in [0.3, 0.4) is 0 Å². The number of ether oxygens (including phenoxy) is 1. The van der Waals surface area contributed by atoms with E-state index >= 15 is 0 Å². The molecule has 0 saturated heterocycles. The highest BCUT2D eigenvalue weighted by atomic mass is 79.9. The van der Waals surface area contributed by atoms with Crippen molar-refractivity contribution < 1.29 is 4.74 Å². The topological polar surface area (TPSA) is 21.3 Å². The van der Waals surface area contributed by atoms with Crippen molar-refractivity contribution in [2.75, 3.05) is 5.32 Å². The summed E-state index contributed by atoms with van der Waals surface area (Å²) in [6, 6.07) is 22.2. The number of halogens is 2. The molecule has 0 aliphatic carbocycles. The molecule has 3 aromatic rings. The van der Waals surface area contributed by atoms with Crippen molar-refractivity contribution in [3.63, 3.8) is 0 Å². The van der Waals surface area contributed by atoms with Gasteiger partial charge >= 0.3 is 0 Å². The van der Waals surface area contributed by atoms with E-state index in [-0.39, 0.29) is 0 Å². The van der Waals surface area contributed by atoms with E-state index in [0.717, 1.165) is 44.2 Å². The van der Waals surface area contributed by atoms with E-state index in [2.05, 4.69) is 45.5 Å². The summed E-state index contributed by atoms with van der Waals surface area (Å²) in [5, 5.41) is 4.21. The number of hydrogen-bond donors (Lipinski definition) is 1. The van der Waals surface area contributed by atoms with Crippen LogP contribution in [0.4, 0.5) is 5.69 Å². The van der Waals surface area contributed by atoms with Crippen molar-refractivity contribution in [3.8, 4) is 5.75 Å². The Labute approximate surface area is 161 Å². The summed E-state index contributed by atoms with van der Waals surface area (Å²) in [5.41, 5.74) is 4.41. The standard InChI is InChI=1S/C21H19BrClNO/c1-15-20(23)6-3-7-21(15)24-13-17-4-2-5-19(12-17)25-14-16-8-10-18(22)11-9-16/h2-12,24H,13-14H2,1H3. The Hall–Kier alpha value is -1.97. The van der Waals surface area contributed by atoms with Crippen LogP contribution in [0.2, 0.25) is 5.02 Å². The normalized spacial score (nSPS) is 10.5. The zero-order valence-corrected chi connectivity index (χ0v) is 16.3. The van der Waals surface area contributed by atoms with E-state index in [0.29, 0.717) is 6.61 Å². The summed E-state index contributed by atoms with van der Waals surface area (Å²) in [4.78, 5) is 0. The predicted molar refractivity (Wildman–Crippen MR) is 108 cm³/mol. The van der Waals surface area contributed by atoms with Gasteiger partial charge in [0.1, 0.15) is 12.4 Å². The molecule has 3 aromatic carbocycles. The van der Waals surface area contributed by atoms with Crippen molar-refractivity contribution in [2.45, 2.75) is 20.1 Å². The third-order valence-corrected chi connectivity index (χ3v) is 4.91. The summed E-state index contributed by atoms with van der Waals surface area (Å²) >= 11 is 9.61. The minimum absolute atomic E-state index is 0.553. The molecule has 0 aliphatic rings. The number of rotatable bonds is 6. The van der Waals surface area contributed by atoms with Gasteiger partial charge < -0.3 is 10.1 Å². The Morgan fingerprint density at radius 2 is 1.72 bits per heavy atom. The average Bonchev–Trinajstić information content (AvgIpc) is 2.63. The van der Waals surface area contributed by atoms with Gasteiger partial charge in [-0.05, 0) is 60.0 Å². The van der Waals surface area contributed by atoms with Crippen molar-refractivity contribution >= 4 is 33.2 Å². The molecule has 0 fully saturated rings. The monoisotopic (exact) mass is 415 g/mol. The quantitative estimate of drug-likeness (QED) is 0.488. The first kappa shape index (κ1) is 17.8. The van der Waals surface area contributed by atoms with Gasteiger partial charge in [-0.3, -0.25) is 0 Å². The first-order valence-corrected chi connectivity index (χ1v) is 9.24. The van der Waals surface area contributed by atoms with E-state index < -0.39 is 0 Å². The third-order valence-electron chi connectivity index (χ3n) is 3.97. The molecule has 0 aliphatic heterocycles. The van der Waals surface area contributed by atoms with Gasteiger partial charge in [-0.15, -0.1) is 0 Å². The number of nitrogens with one attached hydrogen (secondary N) is 1. The second kappa shape index (κ2) is 8.41. The maximum atomic E-state index is 6.17. The first-order chi connectivity index (χ1) is 12.1. The first-order valence-electron chi connectivity index (χ1n) is 8.07. The largest absolute Gasteiger partial charge is 0.489 e. The van der Waals surface area contributed by atoms with Crippen LogP contribution >= 0.6 is 27.5 Å². The smallest absolute Gasteiger partial charge is 0.120 e. The molecule has 0 saturated carbocycles. The van der Waals surface area contributed by atoms with Crippen LogP contribution in [-0.2, 0) is 13.2 Å². The predicted octanol–water partition coefficient (Wildman–Crippen LogP) is 6.60. The van der Waals surface area contributed by atoms with Gasteiger partial charge in [0.15, 0.2) is 0 Å². The van der Waals surface area contributed by atoms with Gasteiger partial charge in [0, 0.05) is 21.7 Å². The molecule has 3 rings (SSSR count). The van der Waals surface area contributed by atoms with Crippen molar-refractivity contribution in [2.24, 2.45) is 0 Å². The zero-order chi connectivity index (χ0) is 17.6. The number of benzene rings is 3. The fraction of sp³-hybridized carbons (Fsp3) is 0.143. The second-order valence-electron chi connectivity index (χ2n) is 5.83. The molecular formula is C21H19BrClNO. The Bertz CT molecular complexity index is 849. The van der Waals surface area contributed by atoms with Gasteiger partial charge in [-0.2, -0.15) is 0 Å². The zero-order valence-electron chi connectivity index (χ0n) is 13.9. The molecular weight excluding hydrogens is 398 g/mol. The molecule has 0 atom stereocenters. The molecule has 0 bridgehead atoms. The maximum Gasteiger partial charge on any atom is 0.120 e. The molecule has 0 radical (unpaired) electrons. The molecule has 0 unspecified atom stereocenters. The lowest BCUT2D eigenvalue weighted by Gasteiger charge is -2.12. The lowest BCUT2D eigenvalue weighted by Crippen LogP contribution is -2.02. The minimum atomic E-state index is 0.553. The van der Waals surface area contributed by atoms with Gasteiger partial charge in [-0.1, -0.05) is 57.9 Å². The van der Waals surface area contributed by atoms with Gasteiger partial charge in [0.25, 0.3) is 0 Å². The van der Waals surface area contributed by atoms with E-state index in [4.69, 9.17) is 16.3 Å².